The van der Waals surface area contributed by atoms with E-state index in [1.807, 2.05) is 31.2 Å². The molecular weight excluding hydrogens is 346 g/mol. The van der Waals surface area contributed by atoms with Crippen LogP contribution in [0, 0.1) is 18.3 Å². The fourth-order valence-corrected chi connectivity index (χ4v) is 2.43. The van der Waals surface area contributed by atoms with E-state index in [9.17, 15) is 14.9 Å². The Hall–Kier alpha value is -3.92. The number of hydrogen-bond donors (Lipinski definition) is 2. The van der Waals surface area contributed by atoms with E-state index in [2.05, 4.69) is 16.0 Å². The molecule has 0 bridgehead atoms. The lowest BCUT2D eigenvalue weighted by Gasteiger charge is -2.10. The number of aromatic nitrogens is 2. The van der Waals surface area contributed by atoms with Gasteiger partial charge >= 0.3 is 5.97 Å². The first-order valence-electron chi connectivity index (χ1n) is 8.03. The zero-order valence-electron chi connectivity index (χ0n) is 14.4. The van der Waals surface area contributed by atoms with Crippen LogP contribution >= 0.6 is 0 Å². The number of ether oxygens (including phenoxy) is 1. The van der Waals surface area contributed by atoms with E-state index in [1.165, 1.54) is 6.07 Å². The highest BCUT2D eigenvalue weighted by Crippen LogP contribution is 2.24. The van der Waals surface area contributed by atoms with Gasteiger partial charge in [0.2, 0.25) is 0 Å². The van der Waals surface area contributed by atoms with Gasteiger partial charge < -0.3 is 14.8 Å². The van der Waals surface area contributed by atoms with Crippen LogP contribution in [-0.2, 0) is 6.61 Å². The standard InChI is InChI=1S/C20H15N3O4/c1-12-2-4-13(5-3-12)11-27-17-7-6-14(8-15(17)9-21)18-22-10-16(20(25)26)19(24)23-18/h2-8,10H,11H2,1H3,(H,25,26)(H,22,23,24). The molecular formula is C20H15N3O4. The van der Waals surface area contributed by atoms with Crippen LogP contribution in [0.5, 0.6) is 5.75 Å². The van der Waals surface area contributed by atoms with Gasteiger partial charge in [-0.1, -0.05) is 29.8 Å². The van der Waals surface area contributed by atoms with E-state index < -0.39 is 17.1 Å². The molecule has 0 aliphatic rings. The number of carboxylic acids is 1. The normalized spacial score (nSPS) is 10.2. The van der Waals surface area contributed by atoms with Crippen LogP contribution in [0.1, 0.15) is 27.0 Å². The van der Waals surface area contributed by atoms with Gasteiger partial charge in [0.25, 0.3) is 5.56 Å². The molecule has 7 nitrogen and oxygen atoms in total. The molecule has 0 spiro atoms. The maximum atomic E-state index is 11.8. The number of hydrogen-bond acceptors (Lipinski definition) is 5. The van der Waals surface area contributed by atoms with E-state index in [4.69, 9.17) is 9.84 Å². The molecule has 1 heterocycles. The zero-order valence-corrected chi connectivity index (χ0v) is 14.4. The number of aryl methyl sites for hydroxylation is 1. The first-order chi connectivity index (χ1) is 13.0. The lowest BCUT2D eigenvalue weighted by Crippen LogP contribution is -2.18. The van der Waals surface area contributed by atoms with E-state index >= 15 is 0 Å². The minimum atomic E-state index is -1.35. The highest BCUT2D eigenvalue weighted by Gasteiger charge is 2.12. The predicted molar refractivity (Wildman–Crippen MR) is 97.5 cm³/mol. The average Bonchev–Trinajstić information content (AvgIpc) is 2.67. The fourth-order valence-electron chi connectivity index (χ4n) is 2.43. The second-order valence-corrected chi connectivity index (χ2v) is 5.88. The Morgan fingerprint density at radius 2 is 2.00 bits per heavy atom. The van der Waals surface area contributed by atoms with Crippen molar-refractivity contribution < 1.29 is 14.6 Å². The first kappa shape index (κ1) is 17.9. The molecule has 0 fully saturated rings. The summed E-state index contributed by atoms with van der Waals surface area (Å²) < 4.78 is 5.73. The van der Waals surface area contributed by atoms with Gasteiger partial charge in [0.1, 0.15) is 29.8 Å². The molecule has 3 aromatic rings. The Morgan fingerprint density at radius 1 is 1.26 bits per heavy atom. The van der Waals surface area contributed by atoms with Crippen molar-refractivity contribution >= 4 is 5.97 Å². The molecule has 0 amide bonds. The molecule has 0 atom stereocenters. The first-order valence-corrected chi connectivity index (χ1v) is 8.03. The number of nitriles is 1. The molecule has 1 aromatic heterocycles. The number of H-pyrrole nitrogens is 1. The van der Waals surface area contributed by atoms with Gasteiger partial charge in [-0.25, -0.2) is 9.78 Å². The molecule has 134 valence electrons. The molecule has 0 aliphatic heterocycles. The van der Waals surface area contributed by atoms with Crippen molar-refractivity contribution in [1.82, 2.24) is 9.97 Å². The van der Waals surface area contributed by atoms with E-state index in [1.54, 1.807) is 12.1 Å². The molecule has 0 radical (unpaired) electrons. The van der Waals surface area contributed by atoms with Crippen molar-refractivity contribution in [3.63, 3.8) is 0 Å². The Balaban J connectivity index is 1.85. The highest BCUT2D eigenvalue weighted by atomic mass is 16.5. The summed E-state index contributed by atoms with van der Waals surface area (Å²) in [6.45, 7) is 2.31. The maximum absolute atomic E-state index is 11.8. The van der Waals surface area contributed by atoms with E-state index in [-0.39, 0.29) is 11.4 Å². The number of aromatic carboxylic acids is 1. The topological polar surface area (TPSA) is 116 Å². The number of benzene rings is 2. The monoisotopic (exact) mass is 361 g/mol. The van der Waals surface area contributed by atoms with Gasteiger partial charge in [-0.15, -0.1) is 0 Å². The summed E-state index contributed by atoms with van der Waals surface area (Å²) in [7, 11) is 0. The smallest absolute Gasteiger partial charge is 0.342 e. The Labute approximate surface area is 154 Å². The Kier molecular flexibility index (Phi) is 4.99. The van der Waals surface area contributed by atoms with Gasteiger partial charge in [0.05, 0.1) is 5.56 Å². The Bertz CT molecular complexity index is 1100. The third-order valence-corrected chi connectivity index (χ3v) is 3.92. The lowest BCUT2D eigenvalue weighted by molar-refractivity contribution is 0.0694. The number of carbonyl (C=O) groups is 1. The summed E-state index contributed by atoms with van der Waals surface area (Å²) in [6, 6.07) is 14.7. The molecule has 3 rings (SSSR count). The second kappa shape index (κ2) is 7.54. The van der Waals surface area contributed by atoms with Crippen molar-refractivity contribution in [3.05, 3.63) is 81.3 Å². The molecule has 0 saturated carbocycles. The predicted octanol–water partition coefficient (Wildman–Crippen LogP) is 2.89. The van der Waals surface area contributed by atoms with Crippen molar-refractivity contribution in [2.45, 2.75) is 13.5 Å². The quantitative estimate of drug-likeness (QED) is 0.722. The van der Waals surface area contributed by atoms with Gasteiger partial charge in [-0.3, -0.25) is 4.79 Å². The van der Waals surface area contributed by atoms with Crippen molar-refractivity contribution in [2.24, 2.45) is 0 Å². The molecule has 2 aromatic carbocycles. The summed E-state index contributed by atoms with van der Waals surface area (Å²) in [6.07, 6.45) is 0.990. The molecule has 27 heavy (non-hydrogen) atoms. The molecule has 0 unspecified atom stereocenters. The molecule has 7 heteroatoms. The minimum absolute atomic E-state index is 0.173. The zero-order chi connectivity index (χ0) is 19.4. The minimum Gasteiger partial charge on any atom is -0.488 e. The second-order valence-electron chi connectivity index (χ2n) is 5.88. The summed E-state index contributed by atoms with van der Waals surface area (Å²) in [5.41, 5.74) is 1.68. The number of carboxylic acid groups (broad SMARTS) is 1. The summed E-state index contributed by atoms with van der Waals surface area (Å²) in [4.78, 5) is 29.1. The third kappa shape index (κ3) is 4.02. The number of aromatic amines is 1. The van der Waals surface area contributed by atoms with E-state index in [0.717, 1.165) is 17.3 Å². The highest BCUT2D eigenvalue weighted by molar-refractivity contribution is 5.86. The fraction of sp³-hybridized carbons (Fsp3) is 0.100. The number of nitrogens with one attached hydrogen (secondary N) is 1. The number of rotatable bonds is 5. The van der Waals surface area contributed by atoms with Crippen LogP contribution in [0.15, 0.2) is 53.5 Å². The summed E-state index contributed by atoms with van der Waals surface area (Å²) in [5, 5.41) is 18.3. The molecule has 0 aliphatic carbocycles. The lowest BCUT2D eigenvalue weighted by atomic mass is 10.1. The van der Waals surface area contributed by atoms with Crippen molar-refractivity contribution in [3.8, 4) is 23.2 Å². The van der Waals surface area contributed by atoms with Crippen LogP contribution in [-0.4, -0.2) is 21.0 Å². The van der Waals surface area contributed by atoms with Gasteiger partial charge in [0.15, 0.2) is 0 Å². The van der Waals surface area contributed by atoms with Crippen LogP contribution < -0.4 is 10.3 Å². The van der Waals surface area contributed by atoms with Crippen LogP contribution in [0.2, 0.25) is 0 Å². The van der Waals surface area contributed by atoms with Crippen LogP contribution in [0.25, 0.3) is 11.4 Å². The number of nitrogens with zero attached hydrogens (tertiary/aromatic N) is 2. The maximum Gasteiger partial charge on any atom is 0.342 e. The Morgan fingerprint density at radius 3 is 2.63 bits per heavy atom. The van der Waals surface area contributed by atoms with Gasteiger partial charge in [-0.05, 0) is 30.7 Å². The summed E-state index contributed by atoms with van der Waals surface area (Å²) in [5.74, 6) is -0.772. The van der Waals surface area contributed by atoms with E-state index in [0.29, 0.717) is 17.9 Å². The van der Waals surface area contributed by atoms with Crippen molar-refractivity contribution in [2.75, 3.05) is 0 Å². The van der Waals surface area contributed by atoms with Crippen LogP contribution in [0.4, 0.5) is 0 Å². The average molecular weight is 361 g/mol. The molecule has 0 saturated heterocycles. The largest absolute Gasteiger partial charge is 0.488 e. The van der Waals surface area contributed by atoms with Crippen LogP contribution in [0.3, 0.4) is 0 Å². The van der Waals surface area contributed by atoms with Crippen molar-refractivity contribution in [1.29, 1.82) is 5.26 Å². The van der Waals surface area contributed by atoms with Gasteiger partial charge in [-0.2, -0.15) is 5.26 Å². The molecule has 2 N–H and O–H groups in total. The SMILES string of the molecule is Cc1ccc(COc2ccc(-c3ncc(C(=O)O)c(=O)[nH]3)cc2C#N)cc1. The van der Waals surface area contributed by atoms with Gasteiger partial charge in [0, 0.05) is 11.8 Å². The summed E-state index contributed by atoms with van der Waals surface area (Å²) >= 11 is 0. The third-order valence-electron chi connectivity index (χ3n) is 3.92.